The maximum Gasteiger partial charge on any atom is 0.254 e. The van der Waals surface area contributed by atoms with Crippen molar-refractivity contribution in [3.63, 3.8) is 0 Å². The number of carbonyl (C=O) groups excluding carboxylic acids is 2. The number of benzene rings is 2. The molecule has 2 aromatic carbocycles. The van der Waals surface area contributed by atoms with E-state index in [1.54, 1.807) is 31.2 Å². The molecule has 0 fully saturated rings. The van der Waals surface area contributed by atoms with Crippen molar-refractivity contribution < 1.29 is 9.59 Å². The zero-order valence-corrected chi connectivity index (χ0v) is 15.6. The zero-order chi connectivity index (χ0) is 20.1. The molecule has 7 nitrogen and oxygen atoms in total. The molecule has 142 valence electrons. The van der Waals surface area contributed by atoms with Crippen molar-refractivity contribution in [2.24, 2.45) is 0 Å². The normalized spacial score (nSPS) is 10.4. The van der Waals surface area contributed by atoms with E-state index >= 15 is 0 Å². The van der Waals surface area contributed by atoms with Gasteiger partial charge in [-0.05, 0) is 31.2 Å². The van der Waals surface area contributed by atoms with Crippen LogP contribution in [0.4, 0.5) is 11.4 Å². The molecule has 1 aromatic heterocycles. The second-order valence-corrected chi connectivity index (χ2v) is 6.32. The van der Waals surface area contributed by atoms with Gasteiger partial charge >= 0.3 is 0 Å². The number of hydrogen-bond donors (Lipinski definition) is 2. The van der Waals surface area contributed by atoms with Gasteiger partial charge in [-0.1, -0.05) is 30.3 Å². The summed E-state index contributed by atoms with van der Waals surface area (Å²) in [4.78, 5) is 40.5. The van der Waals surface area contributed by atoms with Crippen LogP contribution in [-0.4, -0.2) is 21.4 Å². The van der Waals surface area contributed by atoms with Crippen molar-refractivity contribution in [2.45, 2.75) is 20.4 Å². The molecule has 3 rings (SSSR count). The van der Waals surface area contributed by atoms with Crippen LogP contribution in [0.3, 0.4) is 0 Å². The molecular weight excluding hydrogens is 356 g/mol. The topological polar surface area (TPSA) is 93.1 Å². The third-order valence-corrected chi connectivity index (χ3v) is 3.96. The predicted molar refractivity (Wildman–Crippen MR) is 108 cm³/mol. The number of rotatable bonds is 5. The van der Waals surface area contributed by atoms with Crippen molar-refractivity contribution in [3.05, 3.63) is 76.7 Å². The molecule has 0 saturated heterocycles. The number of anilines is 2. The Morgan fingerprint density at radius 3 is 2.18 bits per heavy atom. The third-order valence-electron chi connectivity index (χ3n) is 3.96. The van der Waals surface area contributed by atoms with Gasteiger partial charge in [-0.2, -0.15) is 0 Å². The van der Waals surface area contributed by atoms with Gasteiger partial charge in [0.15, 0.2) is 0 Å². The Kier molecular flexibility index (Phi) is 5.64. The fraction of sp³-hybridized carbons (Fsp3) is 0.143. The summed E-state index contributed by atoms with van der Waals surface area (Å²) in [6.07, 6.45) is 0. The van der Waals surface area contributed by atoms with Crippen molar-refractivity contribution in [1.29, 1.82) is 0 Å². The Hall–Kier alpha value is -3.74. The average Bonchev–Trinajstić information content (AvgIpc) is 2.65. The molecule has 0 saturated carbocycles. The van der Waals surface area contributed by atoms with E-state index in [0.29, 0.717) is 22.9 Å². The second kappa shape index (κ2) is 8.30. The van der Waals surface area contributed by atoms with Crippen molar-refractivity contribution in [3.8, 4) is 11.4 Å². The molecule has 2 amide bonds. The number of amides is 2. The number of hydrogen-bond acceptors (Lipinski definition) is 4. The molecule has 2 N–H and O–H groups in total. The molecule has 0 aliphatic carbocycles. The van der Waals surface area contributed by atoms with E-state index in [4.69, 9.17) is 0 Å². The first kappa shape index (κ1) is 19.0. The zero-order valence-electron chi connectivity index (χ0n) is 15.6. The molecule has 0 radical (unpaired) electrons. The van der Waals surface area contributed by atoms with Crippen LogP contribution >= 0.6 is 0 Å². The van der Waals surface area contributed by atoms with Crippen molar-refractivity contribution in [1.82, 2.24) is 9.55 Å². The summed E-state index contributed by atoms with van der Waals surface area (Å²) in [6, 6.07) is 17.4. The number of aryl methyl sites for hydroxylation is 1. The number of aromatic nitrogens is 2. The molecule has 0 aliphatic rings. The summed E-state index contributed by atoms with van der Waals surface area (Å²) in [5.41, 5.74) is 2.26. The highest BCUT2D eigenvalue weighted by Gasteiger charge is 2.13. The molecule has 3 aromatic rings. The maximum absolute atomic E-state index is 12.5. The first-order chi connectivity index (χ1) is 13.4. The lowest BCUT2D eigenvalue weighted by Gasteiger charge is -2.13. The minimum absolute atomic E-state index is 0.163. The maximum atomic E-state index is 12.5. The quantitative estimate of drug-likeness (QED) is 0.716. The molecular formula is C21H20N4O3. The van der Waals surface area contributed by atoms with Gasteiger partial charge in [0, 0.05) is 35.6 Å². The monoisotopic (exact) mass is 376 g/mol. The van der Waals surface area contributed by atoms with Crippen LogP contribution in [0, 0.1) is 6.92 Å². The lowest BCUT2D eigenvalue weighted by atomic mass is 10.2. The summed E-state index contributed by atoms with van der Waals surface area (Å²) in [5.74, 6) is -0.0737. The average molecular weight is 376 g/mol. The highest BCUT2D eigenvalue weighted by atomic mass is 16.2. The van der Waals surface area contributed by atoms with Crippen molar-refractivity contribution >= 4 is 23.2 Å². The Labute approximate surface area is 162 Å². The van der Waals surface area contributed by atoms with E-state index in [2.05, 4.69) is 15.6 Å². The smallest absolute Gasteiger partial charge is 0.254 e. The largest absolute Gasteiger partial charge is 0.326 e. The van der Waals surface area contributed by atoms with Gasteiger partial charge in [-0.15, -0.1) is 0 Å². The van der Waals surface area contributed by atoms with E-state index in [-0.39, 0.29) is 23.9 Å². The highest BCUT2D eigenvalue weighted by Crippen LogP contribution is 2.16. The molecule has 0 spiro atoms. The lowest BCUT2D eigenvalue weighted by molar-refractivity contribution is -0.117. The van der Waals surface area contributed by atoms with Crippen LogP contribution in [0.5, 0.6) is 0 Å². The van der Waals surface area contributed by atoms with E-state index in [1.165, 1.54) is 17.6 Å². The number of nitrogens with zero attached hydrogens (tertiary/aromatic N) is 2. The van der Waals surface area contributed by atoms with Gasteiger partial charge in [-0.25, -0.2) is 4.98 Å². The Bertz CT molecular complexity index is 1060. The minimum Gasteiger partial charge on any atom is -0.326 e. The Balaban J connectivity index is 1.81. The summed E-state index contributed by atoms with van der Waals surface area (Å²) < 4.78 is 1.35. The Morgan fingerprint density at radius 2 is 1.57 bits per heavy atom. The van der Waals surface area contributed by atoms with E-state index < -0.39 is 0 Å². The van der Waals surface area contributed by atoms with Crippen LogP contribution in [0.15, 0.2) is 65.5 Å². The summed E-state index contributed by atoms with van der Waals surface area (Å²) in [5, 5.41) is 5.41. The van der Waals surface area contributed by atoms with E-state index in [1.807, 2.05) is 30.3 Å². The summed E-state index contributed by atoms with van der Waals surface area (Å²) in [6.45, 7) is 3.01. The minimum atomic E-state index is -0.350. The predicted octanol–water partition coefficient (Wildman–Crippen LogP) is 2.82. The fourth-order valence-corrected chi connectivity index (χ4v) is 2.77. The number of nitrogens with one attached hydrogen (secondary N) is 2. The van der Waals surface area contributed by atoms with E-state index in [0.717, 1.165) is 5.56 Å². The fourth-order valence-electron chi connectivity index (χ4n) is 2.77. The summed E-state index contributed by atoms with van der Waals surface area (Å²) >= 11 is 0. The second-order valence-electron chi connectivity index (χ2n) is 6.32. The van der Waals surface area contributed by atoms with Crippen molar-refractivity contribution in [2.75, 3.05) is 10.6 Å². The Morgan fingerprint density at radius 1 is 0.964 bits per heavy atom. The van der Waals surface area contributed by atoms with Gasteiger partial charge in [0.1, 0.15) is 12.4 Å². The first-order valence-electron chi connectivity index (χ1n) is 8.74. The molecule has 0 bridgehead atoms. The SMILES string of the molecule is CC(=O)Nc1ccc(NC(=O)Cn2c(-c3ccccc3)nc(C)cc2=O)cc1. The lowest BCUT2D eigenvalue weighted by Crippen LogP contribution is -2.29. The first-order valence-corrected chi connectivity index (χ1v) is 8.74. The molecule has 28 heavy (non-hydrogen) atoms. The van der Waals surface area contributed by atoms with Gasteiger partial charge in [0.2, 0.25) is 11.8 Å². The van der Waals surface area contributed by atoms with Crippen LogP contribution in [-0.2, 0) is 16.1 Å². The molecule has 1 heterocycles. The number of carbonyl (C=O) groups is 2. The van der Waals surface area contributed by atoms with Gasteiger partial charge < -0.3 is 10.6 Å². The van der Waals surface area contributed by atoms with Gasteiger partial charge in [-0.3, -0.25) is 19.0 Å². The standard InChI is InChI=1S/C21H20N4O3/c1-14-12-20(28)25(21(22-14)16-6-4-3-5-7-16)13-19(27)24-18-10-8-17(9-11-18)23-15(2)26/h3-12H,13H2,1-2H3,(H,23,26)(H,24,27). The van der Waals surface area contributed by atoms with Crippen LogP contribution < -0.4 is 16.2 Å². The third kappa shape index (κ3) is 4.70. The molecule has 0 atom stereocenters. The summed E-state index contributed by atoms with van der Waals surface area (Å²) in [7, 11) is 0. The molecule has 0 aliphatic heterocycles. The molecule has 7 heteroatoms. The van der Waals surface area contributed by atoms with Gasteiger partial charge in [0.25, 0.3) is 5.56 Å². The van der Waals surface area contributed by atoms with Gasteiger partial charge in [0.05, 0.1) is 0 Å². The van der Waals surface area contributed by atoms with E-state index in [9.17, 15) is 14.4 Å². The van der Waals surface area contributed by atoms with Crippen LogP contribution in [0.2, 0.25) is 0 Å². The highest BCUT2D eigenvalue weighted by molar-refractivity contribution is 5.92. The van der Waals surface area contributed by atoms with Crippen LogP contribution in [0.25, 0.3) is 11.4 Å². The van der Waals surface area contributed by atoms with Crippen LogP contribution in [0.1, 0.15) is 12.6 Å². The molecule has 0 unspecified atom stereocenters.